The number of hydrogen-bond donors (Lipinski definition) is 2. The molecule has 6 heteroatoms. The topological polar surface area (TPSA) is 75.7 Å². The average Bonchev–Trinajstić information content (AvgIpc) is 3.28. The van der Waals surface area contributed by atoms with Gasteiger partial charge < -0.3 is 14.5 Å². The molecule has 2 heterocycles. The number of para-hydroxylation sites is 1. The van der Waals surface area contributed by atoms with Gasteiger partial charge in [0.05, 0.1) is 6.21 Å². The van der Waals surface area contributed by atoms with Gasteiger partial charge in [-0.2, -0.15) is 5.10 Å². The van der Waals surface area contributed by atoms with Crippen LogP contribution in [-0.4, -0.2) is 23.9 Å². The number of carbonyl (C=O) groups is 1. The van der Waals surface area contributed by atoms with E-state index in [1.807, 2.05) is 36.5 Å². The number of nitrogens with one attached hydrogen (secondary N) is 2. The Bertz CT molecular complexity index is 962. The summed E-state index contributed by atoms with van der Waals surface area (Å²) in [5.74, 6) is 1.32. The van der Waals surface area contributed by atoms with E-state index >= 15 is 0 Å². The molecule has 0 saturated heterocycles. The predicted molar refractivity (Wildman–Crippen MR) is 99.5 cm³/mol. The fourth-order valence-corrected chi connectivity index (χ4v) is 3.01. The number of amides is 1. The molecule has 26 heavy (non-hydrogen) atoms. The van der Waals surface area contributed by atoms with Gasteiger partial charge in [0, 0.05) is 23.5 Å². The number of aryl methyl sites for hydroxylation is 1. The first-order chi connectivity index (χ1) is 12.8. The van der Waals surface area contributed by atoms with Gasteiger partial charge in [0.1, 0.15) is 0 Å². The van der Waals surface area contributed by atoms with Crippen LogP contribution < -0.4 is 14.9 Å². The standard InChI is InChI=1S/C20H19N3O3/c24-20(7-3-4-15-12-21-17-6-2-1-5-16(15)17)23-22-11-14-8-9-18-19(10-14)26-13-25-18/h1-2,5-6,8-12,21H,3-4,7,13H2,(H,23,24)/b22-11-. The molecule has 132 valence electrons. The second kappa shape index (κ2) is 7.31. The zero-order valence-corrected chi connectivity index (χ0v) is 14.2. The van der Waals surface area contributed by atoms with E-state index in [4.69, 9.17) is 9.47 Å². The van der Waals surface area contributed by atoms with Crippen molar-refractivity contribution in [2.75, 3.05) is 6.79 Å². The van der Waals surface area contributed by atoms with Gasteiger partial charge in [0.25, 0.3) is 0 Å². The van der Waals surface area contributed by atoms with E-state index in [0.29, 0.717) is 12.2 Å². The van der Waals surface area contributed by atoms with Crippen molar-refractivity contribution in [2.45, 2.75) is 19.3 Å². The Kier molecular flexibility index (Phi) is 4.55. The molecule has 0 saturated carbocycles. The lowest BCUT2D eigenvalue weighted by molar-refractivity contribution is -0.121. The third-order valence-corrected chi connectivity index (χ3v) is 4.32. The Labute approximate surface area is 150 Å². The molecule has 1 amide bonds. The number of carbonyl (C=O) groups excluding carboxylic acids is 1. The smallest absolute Gasteiger partial charge is 0.240 e. The van der Waals surface area contributed by atoms with Crippen LogP contribution in [0.5, 0.6) is 11.5 Å². The van der Waals surface area contributed by atoms with Crippen LogP contribution >= 0.6 is 0 Å². The predicted octanol–water partition coefficient (Wildman–Crippen LogP) is 3.37. The maximum absolute atomic E-state index is 11.9. The van der Waals surface area contributed by atoms with E-state index in [9.17, 15) is 4.79 Å². The number of aromatic nitrogens is 1. The number of fused-ring (bicyclic) bond motifs is 2. The van der Waals surface area contributed by atoms with Crippen LogP contribution in [-0.2, 0) is 11.2 Å². The third kappa shape index (κ3) is 3.54. The molecule has 2 aromatic carbocycles. The Balaban J connectivity index is 1.25. The zero-order valence-electron chi connectivity index (χ0n) is 14.2. The first-order valence-electron chi connectivity index (χ1n) is 8.56. The van der Waals surface area contributed by atoms with Crippen molar-refractivity contribution in [1.29, 1.82) is 0 Å². The molecule has 0 radical (unpaired) electrons. The fourth-order valence-electron chi connectivity index (χ4n) is 3.01. The molecule has 0 bridgehead atoms. The largest absolute Gasteiger partial charge is 0.454 e. The van der Waals surface area contributed by atoms with Crippen molar-refractivity contribution in [1.82, 2.24) is 10.4 Å². The highest BCUT2D eigenvalue weighted by Crippen LogP contribution is 2.31. The molecule has 0 aliphatic carbocycles. The van der Waals surface area contributed by atoms with E-state index in [1.165, 1.54) is 10.9 Å². The summed E-state index contributed by atoms with van der Waals surface area (Å²) in [4.78, 5) is 15.2. The van der Waals surface area contributed by atoms with Crippen molar-refractivity contribution >= 4 is 23.0 Å². The molecular formula is C20H19N3O3. The maximum Gasteiger partial charge on any atom is 0.240 e. The lowest BCUT2D eigenvalue weighted by atomic mass is 10.1. The SMILES string of the molecule is O=C(CCCc1c[nH]c2ccccc12)N/N=C\c1ccc2c(c1)OCO2. The summed E-state index contributed by atoms with van der Waals surface area (Å²) in [6, 6.07) is 13.7. The quantitative estimate of drug-likeness (QED) is 0.529. The van der Waals surface area contributed by atoms with Crippen LogP contribution in [0.4, 0.5) is 0 Å². The van der Waals surface area contributed by atoms with Gasteiger partial charge in [-0.3, -0.25) is 4.79 Å². The molecule has 0 atom stereocenters. The molecule has 2 N–H and O–H groups in total. The zero-order chi connectivity index (χ0) is 17.8. The molecule has 6 nitrogen and oxygen atoms in total. The summed E-state index contributed by atoms with van der Waals surface area (Å²) < 4.78 is 10.6. The summed E-state index contributed by atoms with van der Waals surface area (Å²) in [6.45, 7) is 0.239. The number of nitrogens with zero attached hydrogens (tertiary/aromatic N) is 1. The average molecular weight is 349 g/mol. The lowest BCUT2D eigenvalue weighted by Crippen LogP contribution is -2.17. The minimum atomic E-state index is -0.0955. The molecule has 4 rings (SSSR count). The second-order valence-electron chi connectivity index (χ2n) is 6.12. The van der Waals surface area contributed by atoms with Gasteiger partial charge in [0.15, 0.2) is 11.5 Å². The van der Waals surface area contributed by atoms with Gasteiger partial charge in [-0.25, -0.2) is 5.43 Å². The third-order valence-electron chi connectivity index (χ3n) is 4.32. The number of H-pyrrole nitrogens is 1. The highest BCUT2D eigenvalue weighted by atomic mass is 16.7. The molecule has 3 aromatic rings. The number of benzene rings is 2. The minimum Gasteiger partial charge on any atom is -0.454 e. The molecule has 1 aliphatic heterocycles. The minimum absolute atomic E-state index is 0.0955. The molecular weight excluding hydrogens is 330 g/mol. The monoisotopic (exact) mass is 349 g/mol. The first-order valence-corrected chi connectivity index (χ1v) is 8.56. The number of ether oxygens (including phenoxy) is 2. The van der Waals surface area contributed by atoms with Crippen LogP contribution in [0.1, 0.15) is 24.0 Å². The Morgan fingerprint density at radius 2 is 2.08 bits per heavy atom. The summed E-state index contributed by atoms with van der Waals surface area (Å²) in [5.41, 5.74) is 5.77. The van der Waals surface area contributed by atoms with Crippen molar-refractivity contribution in [3.05, 3.63) is 59.8 Å². The van der Waals surface area contributed by atoms with Crippen LogP contribution in [0.25, 0.3) is 10.9 Å². The van der Waals surface area contributed by atoms with Crippen molar-refractivity contribution in [3.8, 4) is 11.5 Å². The number of hydrazone groups is 1. The fraction of sp³-hybridized carbons (Fsp3) is 0.200. The highest BCUT2D eigenvalue weighted by molar-refractivity contribution is 5.84. The number of aromatic amines is 1. The van der Waals surface area contributed by atoms with Crippen LogP contribution in [0, 0.1) is 0 Å². The summed E-state index contributed by atoms with van der Waals surface area (Å²) in [5, 5.41) is 5.22. The summed E-state index contributed by atoms with van der Waals surface area (Å²) in [6.07, 6.45) is 5.66. The van der Waals surface area contributed by atoms with Gasteiger partial charge >= 0.3 is 0 Å². The van der Waals surface area contributed by atoms with Gasteiger partial charge in [-0.1, -0.05) is 18.2 Å². The van der Waals surface area contributed by atoms with Crippen molar-refractivity contribution in [2.24, 2.45) is 5.10 Å². The maximum atomic E-state index is 11.9. The molecule has 0 spiro atoms. The molecule has 1 aromatic heterocycles. The molecule has 1 aliphatic rings. The highest BCUT2D eigenvalue weighted by Gasteiger charge is 2.12. The van der Waals surface area contributed by atoms with E-state index in [-0.39, 0.29) is 12.7 Å². The lowest BCUT2D eigenvalue weighted by Gasteiger charge is -2.01. The normalized spacial score (nSPS) is 12.8. The molecule has 0 unspecified atom stereocenters. The summed E-state index contributed by atoms with van der Waals surface area (Å²) >= 11 is 0. The van der Waals surface area contributed by atoms with E-state index in [0.717, 1.165) is 29.7 Å². The number of hydrogen-bond acceptors (Lipinski definition) is 4. The van der Waals surface area contributed by atoms with E-state index in [2.05, 4.69) is 27.6 Å². The Morgan fingerprint density at radius 3 is 3.04 bits per heavy atom. The number of rotatable bonds is 6. The van der Waals surface area contributed by atoms with Gasteiger partial charge in [0.2, 0.25) is 12.7 Å². The van der Waals surface area contributed by atoms with Crippen LogP contribution in [0.15, 0.2) is 53.8 Å². The Hall–Kier alpha value is -3.28. The van der Waals surface area contributed by atoms with Crippen molar-refractivity contribution in [3.63, 3.8) is 0 Å². The Morgan fingerprint density at radius 1 is 1.19 bits per heavy atom. The van der Waals surface area contributed by atoms with Crippen LogP contribution in [0.2, 0.25) is 0 Å². The van der Waals surface area contributed by atoms with E-state index < -0.39 is 0 Å². The van der Waals surface area contributed by atoms with E-state index in [1.54, 1.807) is 6.21 Å². The first kappa shape index (κ1) is 16.2. The second-order valence-corrected chi connectivity index (χ2v) is 6.12. The van der Waals surface area contributed by atoms with Crippen LogP contribution in [0.3, 0.4) is 0 Å². The van der Waals surface area contributed by atoms with Crippen molar-refractivity contribution < 1.29 is 14.3 Å². The molecule has 0 fully saturated rings. The van der Waals surface area contributed by atoms with Gasteiger partial charge in [-0.15, -0.1) is 0 Å². The summed E-state index contributed by atoms with van der Waals surface area (Å²) in [7, 11) is 0. The van der Waals surface area contributed by atoms with Gasteiger partial charge in [-0.05, 0) is 48.2 Å².